The summed E-state index contributed by atoms with van der Waals surface area (Å²) >= 11 is 0. The van der Waals surface area contributed by atoms with Crippen LogP contribution in [0.1, 0.15) is 28.0 Å². The van der Waals surface area contributed by atoms with Crippen molar-refractivity contribution in [2.45, 2.75) is 12.8 Å². The van der Waals surface area contributed by atoms with E-state index in [1.54, 1.807) is 15.8 Å². The van der Waals surface area contributed by atoms with Crippen LogP contribution in [0.15, 0.2) is 36.5 Å². The largest absolute Gasteiger partial charge is 0.481 e. The summed E-state index contributed by atoms with van der Waals surface area (Å²) in [5.41, 5.74) is 2.65. The summed E-state index contributed by atoms with van der Waals surface area (Å²) < 4.78 is 1.75. The fraction of sp³-hybridized carbons (Fsp3) is 0.421. The predicted molar refractivity (Wildman–Crippen MR) is 91.1 cm³/mol. The number of benzene rings is 1. The third-order valence-corrected chi connectivity index (χ3v) is 5.57. The molecule has 4 rings (SSSR count). The molecule has 0 bridgehead atoms. The molecule has 0 radical (unpaired) electrons. The molecule has 1 saturated carbocycles. The zero-order valence-electron chi connectivity index (χ0n) is 14.1. The molecule has 2 fully saturated rings. The molecule has 0 unspecified atom stereocenters. The van der Waals surface area contributed by atoms with Gasteiger partial charge in [-0.2, -0.15) is 5.10 Å². The van der Waals surface area contributed by atoms with Crippen LogP contribution >= 0.6 is 0 Å². The number of aliphatic carboxylic acids is 1. The van der Waals surface area contributed by atoms with Crippen molar-refractivity contribution in [3.63, 3.8) is 0 Å². The van der Waals surface area contributed by atoms with E-state index < -0.39 is 5.97 Å². The lowest BCUT2D eigenvalue weighted by Crippen LogP contribution is -2.37. The molecular weight excluding hydrogens is 318 g/mol. The van der Waals surface area contributed by atoms with Crippen LogP contribution in [0, 0.1) is 17.8 Å². The van der Waals surface area contributed by atoms with Crippen molar-refractivity contribution < 1.29 is 14.7 Å². The van der Waals surface area contributed by atoms with Crippen molar-refractivity contribution in [3.8, 4) is 0 Å². The van der Waals surface area contributed by atoms with E-state index in [4.69, 9.17) is 0 Å². The van der Waals surface area contributed by atoms with Crippen molar-refractivity contribution >= 4 is 11.9 Å². The lowest BCUT2D eigenvalue weighted by Gasteiger charge is -2.26. The molecule has 6 heteroatoms. The van der Waals surface area contributed by atoms with Gasteiger partial charge in [0.05, 0.1) is 23.4 Å². The van der Waals surface area contributed by atoms with Crippen molar-refractivity contribution in [1.29, 1.82) is 0 Å². The molecule has 0 spiro atoms. The van der Waals surface area contributed by atoms with Gasteiger partial charge in [0.15, 0.2) is 0 Å². The van der Waals surface area contributed by atoms with Gasteiger partial charge in [0, 0.05) is 26.6 Å². The average Bonchev–Trinajstić information content (AvgIpc) is 3.24. The van der Waals surface area contributed by atoms with Crippen LogP contribution in [0.25, 0.3) is 0 Å². The van der Waals surface area contributed by atoms with E-state index in [0.717, 1.165) is 17.7 Å². The van der Waals surface area contributed by atoms with Crippen LogP contribution in [-0.4, -0.2) is 44.8 Å². The van der Waals surface area contributed by atoms with Gasteiger partial charge in [-0.25, -0.2) is 0 Å². The van der Waals surface area contributed by atoms with E-state index >= 15 is 0 Å². The Hall–Kier alpha value is -2.63. The molecule has 1 aliphatic carbocycles. The first-order valence-corrected chi connectivity index (χ1v) is 8.63. The third kappa shape index (κ3) is 2.81. The van der Waals surface area contributed by atoms with Gasteiger partial charge >= 0.3 is 5.97 Å². The number of hydrogen-bond donors (Lipinski definition) is 1. The van der Waals surface area contributed by atoms with Crippen LogP contribution < -0.4 is 0 Å². The molecular formula is C19H21N3O3. The molecule has 1 N–H and O–H groups in total. The maximum absolute atomic E-state index is 13.0. The summed E-state index contributed by atoms with van der Waals surface area (Å²) in [4.78, 5) is 26.0. The van der Waals surface area contributed by atoms with E-state index in [-0.39, 0.29) is 23.7 Å². The van der Waals surface area contributed by atoms with Gasteiger partial charge < -0.3 is 10.0 Å². The summed E-state index contributed by atoms with van der Waals surface area (Å²) in [6.45, 7) is 1.17. The molecule has 130 valence electrons. The minimum atomic E-state index is -0.726. The fourth-order valence-corrected chi connectivity index (χ4v) is 4.10. The summed E-state index contributed by atoms with van der Waals surface area (Å²) in [5, 5.41) is 13.5. The first-order chi connectivity index (χ1) is 12.1. The Labute approximate surface area is 146 Å². The zero-order chi connectivity index (χ0) is 17.6. The Morgan fingerprint density at radius 2 is 2.00 bits per heavy atom. The smallest absolute Gasteiger partial charge is 0.307 e. The lowest BCUT2D eigenvalue weighted by atomic mass is 10.0. The SMILES string of the molecule is Cn1ncc(C(=O)N2CC[C@H]3[C@@H](C2)[C@H]3C(=O)O)c1Cc1ccccc1. The summed E-state index contributed by atoms with van der Waals surface area (Å²) in [6.07, 6.45) is 3.06. The van der Waals surface area contributed by atoms with E-state index in [2.05, 4.69) is 5.10 Å². The topological polar surface area (TPSA) is 75.4 Å². The number of carbonyl (C=O) groups excluding carboxylic acids is 1. The summed E-state index contributed by atoms with van der Waals surface area (Å²) in [7, 11) is 1.85. The molecule has 25 heavy (non-hydrogen) atoms. The Balaban J connectivity index is 1.52. The average molecular weight is 339 g/mol. The van der Waals surface area contributed by atoms with Gasteiger partial charge in [-0.15, -0.1) is 0 Å². The highest BCUT2D eigenvalue weighted by Gasteiger charge is 2.57. The number of carboxylic acids is 1. The molecule has 1 aromatic carbocycles. The summed E-state index contributed by atoms with van der Waals surface area (Å²) in [5.74, 6) is -0.664. The number of amides is 1. The number of aryl methyl sites for hydroxylation is 1. The van der Waals surface area contributed by atoms with E-state index in [1.807, 2.05) is 37.4 Å². The predicted octanol–water partition coefficient (Wildman–Crippen LogP) is 1.80. The maximum atomic E-state index is 13.0. The molecule has 2 aliphatic rings. The molecule has 1 aliphatic heterocycles. The van der Waals surface area contributed by atoms with E-state index in [1.165, 1.54) is 0 Å². The number of fused-ring (bicyclic) bond motifs is 1. The van der Waals surface area contributed by atoms with Crippen LogP contribution in [0.4, 0.5) is 0 Å². The van der Waals surface area contributed by atoms with Gasteiger partial charge in [0.1, 0.15) is 0 Å². The number of likely N-dealkylation sites (tertiary alicyclic amines) is 1. The van der Waals surface area contributed by atoms with Crippen molar-refractivity contribution in [2.24, 2.45) is 24.8 Å². The minimum absolute atomic E-state index is 0.0338. The Morgan fingerprint density at radius 3 is 2.72 bits per heavy atom. The van der Waals surface area contributed by atoms with Crippen molar-refractivity contribution in [1.82, 2.24) is 14.7 Å². The Kier molecular flexibility index (Phi) is 3.82. The van der Waals surface area contributed by atoms with Crippen molar-refractivity contribution in [2.75, 3.05) is 13.1 Å². The van der Waals surface area contributed by atoms with E-state index in [0.29, 0.717) is 25.1 Å². The monoisotopic (exact) mass is 339 g/mol. The maximum Gasteiger partial charge on any atom is 0.307 e. The van der Waals surface area contributed by atoms with E-state index in [9.17, 15) is 14.7 Å². The highest BCUT2D eigenvalue weighted by Crippen LogP contribution is 2.51. The number of piperidine rings is 1. The standard InChI is InChI=1S/C19H21N3O3/c1-21-16(9-12-5-3-2-4-6-12)14(10-20-21)18(23)22-8-7-13-15(11-22)17(13)19(24)25/h2-6,10,13,15,17H,7-9,11H2,1H3,(H,24,25)/t13-,15+,17-/m0/s1. The van der Waals surface area contributed by atoms with Crippen LogP contribution in [0.2, 0.25) is 0 Å². The normalized spacial score (nSPS) is 24.7. The molecule has 2 heterocycles. The second-order valence-corrected chi connectivity index (χ2v) is 7.02. The number of carbonyl (C=O) groups is 2. The number of rotatable bonds is 4. The molecule has 1 amide bonds. The van der Waals surface area contributed by atoms with Crippen molar-refractivity contribution in [3.05, 3.63) is 53.3 Å². The Morgan fingerprint density at radius 1 is 1.24 bits per heavy atom. The fourth-order valence-electron chi connectivity index (χ4n) is 4.10. The van der Waals surface area contributed by atoms with Gasteiger partial charge in [0.25, 0.3) is 5.91 Å². The van der Waals surface area contributed by atoms with Gasteiger partial charge in [-0.05, 0) is 23.8 Å². The second-order valence-electron chi connectivity index (χ2n) is 7.02. The first-order valence-electron chi connectivity index (χ1n) is 8.63. The Bertz CT molecular complexity index is 815. The quantitative estimate of drug-likeness (QED) is 0.922. The molecule has 2 aromatic rings. The molecule has 3 atom stereocenters. The number of carboxylic acid groups (broad SMARTS) is 1. The second kappa shape index (κ2) is 6.02. The van der Waals surface area contributed by atoms with Gasteiger partial charge in [-0.1, -0.05) is 30.3 Å². The highest BCUT2D eigenvalue weighted by molar-refractivity contribution is 5.95. The molecule has 6 nitrogen and oxygen atoms in total. The third-order valence-electron chi connectivity index (χ3n) is 5.57. The zero-order valence-corrected chi connectivity index (χ0v) is 14.1. The first kappa shape index (κ1) is 15.9. The van der Waals surface area contributed by atoms with Gasteiger partial charge in [-0.3, -0.25) is 14.3 Å². The van der Waals surface area contributed by atoms with Crippen LogP contribution in [-0.2, 0) is 18.3 Å². The van der Waals surface area contributed by atoms with Crippen LogP contribution in [0.5, 0.6) is 0 Å². The summed E-state index contributed by atoms with van der Waals surface area (Å²) in [6, 6.07) is 10.0. The lowest BCUT2D eigenvalue weighted by molar-refractivity contribution is -0.139. The highest BCUT2D eigenvalue weighted by atomic mass is 16.4. The van der Waals surface area contributed by atoms with Crippen LogP contribution in [0.3, 0.4) is 0 Å². The number of nitrogens with zero attached hydrogens (tertiary/aromatic N) is 3. The number of aromatic nitrogens is 2. The molecule has 1 aromatic heterocycles. The van der Waals surface area contributed by atoms with Gasteiger partial charge in [0.2, 0.25) is 0 Å². The number of hydrogen-bond acceptors (Lipinski definition) is 3. The minimum Gasteiger partial charge on any atom is -0.481 e. The molecule has 1 saturated heterocycles.